The van der Waals surface area contributed by atoms with Gasteiger partial charge in [0.1, 0.15) is 0 Å². The monoisotopic (exact) mass is 141 g/mol. The summed E-state index contributed by atoms with van der Waals surface area (Å²) in [5.74, 6) is 3.26. The van der Waals surface area contributed by atoms with Crippen molar-refractivity contribution in [1.82, 2.24) is 0 Å². The molecule has 6 heteroatoms. The van der Waals surface area contributed by atoms with Crippen molar-refractivity contribution in [2.24, 2.45) is 5.90 Å². The molecule has 0 fully saturated rings. The van der Waals surface area contributed by atoms with Gasteiger partial charge in [0.25, 0.3) is 0 Å². The second-order valence-corrected chi connectivity index (χ2v) is 3.23. The Labute approximate surface area is 46.6 Å². The first-order chi connectivity index (χ1) is 3.48. The molecule has 0 aliphatic rings. The van der Waals surface area contributed by atoms with Crippen LogP contribution in [0.15, 0.2) is 0 Å². The van der Waals surface area contributed by atoms with Gasteiger partial charge in [-0.3, -0.25) is 9.40 Å². The minimum Gasteiger partial charge on any atom is -0.323 e. The van der Waals surface area contributed by atoms with E-state index in [2.05, 4.69) is 10.7 Å². The average Bonchev–Trinajstić information content (AvgIpc) is 1.62. The molecule has 0 heterocycles. The van der Waals surface area contributed by atoms with E-state index in [1.807, 2.05) is 0 Å². The van der Waals surface area contributed by atoms with Crippen molar-refractivity contribution in [3.05, 3.63) is 0 Å². The number of hydrogen-bond donors (Lipinski definition) is 3. The quantitative estimate of drug-likeness (QED) is 0.352. The molecule has 5 nitrogen and oxygen atoms in total. The molecule has 8 heavy (non-hydrogen) atoms. The Morgan fingerprint density at radius 3 is 2.12 bits per heavy atom. The smallest absolute Gasteiger partial charge is 0.323 e. The maximum absolute atomic E-state index is 10.1. The lowest BCUT2D eigenvalue weighted by Gasteiger charge is -2.08. The summed E-state index contributed by atoms with van der Waals surface area (Å²) in [4.78, 5) is 20.2. The van der Waals surface area contributed by atoms with Crippen molar-refractivity contribution >= 4 is 7.60 Å². The highest BCUT2D eigenvalue weighted by atomic mass is 31.2. The van der Waals surface area contributed by atoms with E-state index in [4.69, 9.17) is 9.79 Å². The molecule has 0 aromatic heterocycles. The molecule has 0 aromatic carbocycles. The summed E-state index contributed by atoms with van der Waals surface area (Å²) in [6.45, 7) is 1.20. The first-order valence-electron chi connectivity index (χ1n) is 1.89. The van der Waals surface area contributed by atoms with Crippen LogP contribution in [0.4, 0.5) is 0 Å². The van der Waals surface area contributed by atoms with E-state index in [9.17, 15) is 4.57 Å². The highest BCUT2D eigenvalue weighted by Gasteiger charge is 2.23. The van der Waals surface area contributed by atoms with Gasteiger partial charge in [-0.05, 0) is 6.92 Å². The van der Waals surface area contributed by atoms with Gasteiger partial charge in [0.05, 0.1) is 0 Å². The van der Waals surface area contributed by atoms with Gasteiger partial charge in [0, 0.05) is 0 Å². The van der Waals surface area contributed by atoms with E-state index in [-0.39, 0.29) is 0 Å². The van der Waals surface area contributed by atoms with Gasteiger partial charge in [-0.15, -0.1) is 0 Å². The average molecular weight is 141 g/mol. The third kappa shape index (κ3) is 2.40. The van der Waals surface area contributed by atoms with Crippen molar-refractivity contribution in [2.75, 3.05) is 0 Å². The topological polar surface area (TPSA) is 92.8 Å². The van der Waals surface area contributed by atoms with Gasteiger partial charge in [0.2, 0.25) is 0 Å². The third-order valence-electron chi connectivity index (χ3n) is 0.671. The molecule has 1 atom stereocenters. The Bertz CT molecular complexity index is 109. The molecule has 0 rings (SSSR count). The SMILES string of the molecule is CC(ON)P(=O)(O)O. The fraction of sp³-hybridized carbons (Fsp3) is 1.00. The fourth-order valence-corrected chi connectivity index (χ4v) is 0.238. The maximum atomic E-state index is 10.1. The molecule has 0 radical (unpaired) electrons. The Morgan fingerprint density at radius 1 is 1.75 bits per heavy atom. The van der Waals surface area contributed by atoms with Crippen molar-refractivity contribution in [2.45, 2.75) is 12.8 Å². The van der Waals surface area contributed by atoms with Crippen LogP contribution < -0.4 is 5.90 Å². The van der Waals surface area contributed by atoms with Crippen LogP contribution in [0.5, 0.6) is 0 Å². The summed E-state index contributed by atoms with van der Waals surface area (Å²) in [6, 6.07) is 0. The molecule has 0 aromatic rings. The number of hydrogen-bond acceptors (Lipinski definition) is 3. The molecule has 0 bridgehead atoms. The minimum absolute atomic E-state index is 1.20. The number of nitrogens with two attached hydrogens (primary N) is 1. The van der Waals surface area contributed by atoms with Crippen LogP contribution in [0, 0.1) is 0 Å². The van der Waals surface area contributed by atoms with Crippen molar-refractivity contribution in [1.29, 1.82) is 0 Å². The zero-order chi connectivity index (χ0) is 6.78. The summed E-state index contributed by atoms with van der Waals surface area (Å²) >= 11 is 0. The van der Waals surface area contributed by atoms with Crippen molar-refractivity contribution < 1.29 is 19.2 Å². The minimum atomic E-state index is -4.10. The summed E-state index contributed by atoms with van der Waals surface area (Å²) < 4.78 is 10.1. The van der Waals surface area contributed by atoms with Crippen molar-refractivity contribution in [3.63, 3.8) is 0 Å². The van der Waals surface area contributed by atoms with Crippen LogP contribution in [0.25, 0.3) is 0 Å². The second-order valence-electron chi connectivity index (χ2n) is 1.32. The van der Waals surface area contributed by atoms with Gasteiger partial charge in [0.15, 0.2) is 5.85 Å². The van der Waals surface area contributed by atoms with Gasteiger partial charge in [-0.25, -0.2) is 5.90 Å². The molecule has 1 unspecified atom stereocenters. The van der Waals surface area contributed by atoms with Crippen LogP contribution in [-0.2, 0) is 9.40 Å². The third-order valence-corrected chi connectivity index (χ3v) is 1.74. The lowest BCUT2D eigenvalue weighted by atomic mass is 10.9. The first kappa shape index (κ1) is 8.07. The molecule has 50 valence electrons. The van der Waals surface area contributed by atoms with E-state index in [1.54, 1.807) is 0 Å². The summed E-state index contributed by atoms with van der Waals surface area (Å²) in [5.41, 5.74) is 0. The summed E-state index contributed by atoms with van der Waals surface area (Å²) in [7, 11) is -4.10. The lowest BCUT2D eigenvalue weighted by molar-refractivity contribution is 0.0987. The van der Waals surface area contributed by atoms with E-state index < -0.39 is 13.4 Å². The van der Waals surface area contributed by atoms with Crippen LogP contribution in [0.1, 0.15) is 6.92 Å². The predicted octanol–water partition coefficient (Wildman–Crippen LogP) is -0.600. The van der Waals surface area contributed by atoms with Crippen LogP contribution in [0.3, 0.4) is 0 Å². The van der Waals surface area contributed by atoms with E-state index in [0.29, 0.717) is 0 Å². The zero-order valence-corrected chi connectivity index (χ0v) is 5.21. The molecule has 0 aliphatic heterocycles. The molecule has 0 aliphatic carbocycles. The molecular formula is C2H8NO4P. The Balaban J connectivity index is 3.82. The van der Waals surface area contributed by atoms with Gasteiger partial charge in [-0.1, -0.05) is 0 Å². The molecule has 0 amide bonds. The first-order valence-corrected chi connectivity index (χ1v) is 3.57. The molecule has 0 saturated carbocycles. The second kappa shape index (κ2) is 2.57. The van der Waals surface area contributed by atoms with E-state index in [1.165, 1.54) is 6.92 Å². The highest BCUT2D eigenvalue weighted by Crippen LogP contribution is 2.40. The largest absolute Gasteiger partial charge is 0.355 e. The Kier molecular flexibility index (Phi) is 2.59. The molecule has 0 saturated heterocycles. The zero-order valence-electron chi connectivity index (χ0n) is 4.31. The van der Waals surface area contributed by atoms with E-state index in [0.717, 1.165) is 0 Å². The van der Waals surface area contributed by atoms with Gasteiger partial charge < -0.3 is 9.79 Å². The summed E-state index contributed by atoms with van der Waals surface area (Å²) in [6.07, 6.45) is 0. The van der Waals surface area contributed by atoms with Gasteiger partial charge >= 0.3 is 7.60 Å². The maximum Gasteiger partial charge on any atom is 0.355 e. The molecule has 0 spiro atoms. The highest BCUT2D eigenvalue weighted by molar-refractivity contribution is 7.52. The normalized spacial score (nSPS) is 16.0. The van der Waals surface area contributed by atoms with Crippen LogP contribution in [0.2, 0.25) is 0 Å². The fourth-order valence-electron chi connectivity index (χ4n) is 0.0793. The standard InChI is InChI=1S/C2H8NO4P/c1-2(7-3)8(4,5)6/h2H,3H2,1H3,(H2,4,5,6). The molecule has 4 N–H and O–H groups in total. The Morgan fingerprint density at radius 2 is 2.12 bits per heavy atom. The van der Waals surface area contributed by atoms with Crippen molar-refractivity contribution in [3.8, 4) is 0 Å². The lowest BCUT2D eigenvalue weighted by Crippen LogP contribution is -2.12. The van der Waals surface area contributed by atoms with Gasteiger partial charge in [-0.2, -0.15) is 0 Å². The van der Waals surface area contributed by atoms with Crippen LogP contribution >= 0.6 is 7.60 Å². The molecular weight excluding hydrogens is 133 g/mol. The number of rotatable bonds is 2. The predicted molar refractivity (Wildman–Crippen MR) is 26.8 cm³/mol. The van der Waals surface area contributed by atoms with Crippen LogP contribution in [-0.4, -0.2) is 15.6 Å². The van der Waals surface area contributed by atoms with E-state index >= 15 is 0 Å². The summed E-state index contributed by atoms with van der Waals surface area (Å²) in [5, 5.41) is 0. The Hall–Kier alpha value is 0.0700.